The number of carbonyl (C=O) groups is 1. The number of cyclic esters (lactones) is 1. The average Bonchev–Trinajstić information content (AvgIpc) is 2.54. The fourth-order valence-corrected chi connectivity index (χ4v) is 3.91. The van der Waals surface area contributed by atoms with E-state index in [9.17, 15) is 4.79 Å². The van der Waals surface area contributed by atoms with Crippen LogP contribution in [0.2, 0.25) is 6.04 Å². The Kier molecular flexibility index (Phi) is 4.27. The molecule has 0 aromatic carbocycles. The van der Waals surface area contributed by atoms with Gasteiger partial charge in [-0.2, -0.15) is 0 Å². The molecule has 1 aliphatic rings. The van der Waals surface area contributed by atoms with Crippen LogP contribution < -0.4 is 0 Å². The minimum Gasteiger partial charge on any atom is -0.462 e. The van der Waals surface area contributed by atoms with E-state index in [4.69, 9.17) is 18.0 Å². The molecule has 15 heavy (non-hydrogen) atoms. The van der Waals surface area contributed by atoms with Crippen LogP contribution in [0.25, 0.3) is 0 Å². The molecule has 0 aromatic heterocycles. The zero-order chi connectivity index (χ0) is 11.5. The van der Waals surface area contributed by atoms with Gasteiger partial charge in [-0.1, -0.05) is 0 Å². The molecular weight excluding hydrogens is 216 g/mol. The standard InChI is InChI=1S/C9H18O5Si/c1-7-8(5-9(10)14-7)6-15(11-2,12-3)13-4/h7-8H,5-6H2,1-4H3. The molecule has 1 saturated heterocycles. The van der Waals surface area contributed by atoms with E-state index < -0.39 is 8.80 Å². The molecule has 2 unspecified atom stereocenters. The zero-order valence-electron chi connectivity index (χ0n) is 9.61. The molecule has 0 radical (unpaired) electrons. The minimum atomic E-state index is -2.59. The van der Waals surface area contributed by atoms with Crippen molar-refractivity contribution in [2.75, 3.05) is 21.3 Å². The molecule has 0 aliphatic carbocycles. The smallest absolute Gasteiger partial charge is 0.462 e. The molecule has 0 amide bonds. The van der Waals surface area contributed by atoms with Crippen molar-refractivity contribution in [3.05, 3.63) is 0 Å². The lowest BCUT2D eigenvalue weighted by Crippen LogP contribution is -2.45. The lowest BCUT2D eigenvalue weighted by Gasteiger charge is -2.27. The summed E-state index contributed by atoms with van der Waals surface area (Å²) < 4.78 is 21.0. The molecular formula is C9H18O5Si. The Morgan fingerprint density at radius 3 is 2.20 bits per heavy atom. The third-order valence-corrected chi connectivity index (χ3v) is 5.75. The zero-order valence-corrected chi connectivity index (χ0v) is 10.6. The van der Waals surface area contributed by atoms with E-state index in [0.29, 0.717) is 12.5 Å². The molecule has 5 nitrogen and oxygen atoms in total. The Morgan fingerprint density at radius 1 is 1.33 bits per heavy atom. The van der Waals surface area contributed by atoms with Crippen molar-refractivity contribution in [1.82, 2.24) is 0 Å². The molecule has 6 heteroatoms. The predicted molar refractivity (Wildman–Crippen MR) is 55.2 cm³/mol. The van der Waals surface area contributed by atoms with Crippen LogP contribution in [0.3, 0.4) is 0 Å². The monoisotopic (exact) mass is 234 g/mol. The first kappa shape index (κ1) is 12.6. The molecule has 1 heterocycles. The van der Waals surface area contributed by atoms with Crippen molar-refractivity contribution in [2.24, 2.45) is 5.92 Å². The summed E-state index contributed by atoms with van der Waals surface area (Å²) in [5.41, 5.74) is 0. The van der Waals surface area contributed by atoms with Crippen LogP contribution >= 0.6 is 0 Å². The SMILES string of the molecule is CO[Si](CC1CC(=O)OC1C)(OC)OC. The molecule has 0 spiro atoms. The van der Waals surface area contributed by atoms with Crippen LogP contribution in [0.4, 0.5) is 0 Å². The van der Waals surface area contributed by atoms with Crippen molar-refractivity contribution in [1.29, 1.82) is 0 Å². The summed E-state index contributed by atoms with van der Waals surface area (Å²) >= 11 is 0. The van der Waals surface area contributed by atoms with Gasteiger partial charge in [0, 0.05) is 33.3 Å². The van der Waals surface area contributed by atoms with Crippen LogP contribution in [0.1, 0.15) is 13.3 Å². The molecule has 1 fully saturated rings. The van der Waals surface area contributed by atoms with E-state index in [0.717, 1.165) is 0 Å². The molecule has 0 saturated carbocycles. The molecule has 0 aromatic rings. The second-order valence-electron chi connectivity index (χ2n) is 3.66. The number of hydrogen-bond donors (Lipinski definition) is 0. The van der Waals surface area contributed by atoms with Gasteiger partial charge in [-0.05, 0) is 6.92 Å². The molecule has 1 aliphatic heterocycles. The first-order valence-corrected chi connectivity index (χ1v) is 6.85. The Hall–Kier alpha value is -0.433. The Balaban J connectivity index is 2.62. The number of hydrogen-bond acceptors (Lipinski definition) is 5. The summed E-state index contributed by atoms with van der Waals surface area (Å²) in [6.07, 6.45) is 0.344. The van der Waals surface area contributed by atoms with Crippen LogP contribution in [-0.2, 0) is 22.8 Å². The second kappa shape index (κ2) is 5.07. The van der Waals surface area contributed by atoms with Gasteiger partial charge in [0.2, 0.25) is 0 Å². The lowest BCUT2D eigenvalue weighted by molar-refractivity contribution is -0.140. The topological polar surface area (TPSA) is 54.0 Å². The van der Waals surface area contributed by atoms with Gasteiger partial charge < -0.3 is 18.0 Å². The molecule has 88 valence electrons. The fourth-order valence-electron chi connectivity index (χ4n) is 1.79. The summed E-state index contributed by atoms with van der Waals surface area (Å²) in [7, 11) is 2.13. The van der Waals surface area contributed by atoms with Crippen molar-refractivity contribution in [2.45, 2.75) is 25.5 Å². The van der Waals surface area contributed by atoms with Crippen LogP contribution in [0, 0.1) is 5.92 Å². The van der Waals surface area contributed by atoms with E-state index in [2.05, 4.69) is 0 Å². The fraction of sp³-hybridized carbons (Fsp3) is 0.889. The highest BCUT2D eigenvalue weighted by atomic mass is 28.4. The summed E-state index contributed by atoms with van der Waals surface area (Å²) in [6.45, 7) is 1.88. The number of carbonyl (C=O) groups excluding carboxylic acids is 1. The van der Waals surface area contributed by atoms with Gasteiger partial charge in [-0.3, -0.25) is 4.79 Å². The van der Waals surface area contributed by atoms with Gasteiger partial charge in [-0.15, -0.1) is 0 Å². The third kappa shape index (κ3) is 2.78. The van der Waals surface area contributed by atoms with E-state index in [1.807, 2.05) is 6.92 Å². The maximum Gasteiger partial charge on any atom is 0.500 e. The van der Waals surface area contributed by atoms with Gasteiger partial charge >= 0.3 is 14.8 Å². The Morgan fingerprint density at radius 2 is 1.87 bits per heavy atom. The second-order valence-corrected chi connectivity index (χ2v) is 6.66. The highest BCUT2D eigenvalue weighted by Crippen LogP contribution is 2.30. The van der Waals surface area contributed by atoms with E-state index >= 15 is 0 Å². The quantitative estimate of drug-likeness (QED) is 0.520. The average molecular weight is 234 g/mol. The number of ether oxygens (including phenoxy) is 1. The van der Waals surface area contributed by atoms with Gasteiger partial charge in [0.25, 0.3) is 0 Å². The first-order valence-electron chi connectivity index (χ1n) is 4.92. The first-order chi connectivity index (χ1) is 7.06. The van der Waals surface area contributed by atoms with Crippen LogP contribution in [-0.4, -0.2) is 42.2 Å². The van der Waals surface area contributed by atoms with Crippen molar-refractivity contribution >= 4 is 14.8 Å². The maximum atomic E-state index is 11.1. The van der Waals surface area contributed by atoms with Gasteiger partial charge in [0.1, 0.15) is 6.10 Å². The number of esters is 1. The predicted octanol–water partition coefficient (Wildman–Crippen LogP) is 0.816. The summed E-state index contributed by atoms with van der Waals surface area (Å²) in [5.74, 6) is -0.0253. The highest BCUT2D eigenvalue weighted by Gasteiger charge is 2.45. The molecule has 2 atom stereocenters. The van der Waals surface area contributed by atoms with Crippen LogP contribution in [0.15, 0.2) is 0 Å². The third-order valence-electron chi connectivity index (χ3n) is 2.86. The van der Waals surface area contributed by atoms with Gasteiger partial charge in [-0.25, -0.2) is 0 Å². The van der Waals surface area contributed by atoms with Crippen LogP contribution in [0.5, 0.6) is 0 Å². The van der Waals surface area contributed by atoms with E-state index in [-0.39, 0.29) is 18.0 Å². The van der Waals surface area contributed by atoms with Crippen molar-refractivity contribution in [3.8, 4) is 0 Å². The minimum absolute atomic E-state index is 0.0789. The number of rotatable bonds is 5. The summed E-state index contributed by atoms with van der Waals surface area (Å²) in [4.78, 5) is 11.1. The molecule has 0 N–H and O–H groups in total. The normalized spacial score (nSPS) is 26.8. The molecule has 1 rings (SSSR count). The lowest BCUT2D eigenvalue weighted by atomic mass is 10.1. The van der Waals surface area contributed by atoms with E-state index in [1.54, 1.807) is 21.3 Å². The highest BCUT2D eigenvalue weighted by molar-refractivity contribution is 6.60. The summed E-state index contributed by atoms with van der Waals surface area (Å²) in [6, 6.07) is 0.614. The molecule has 0 bridgehead atoms. The Bertz CT molecular complexity index is 220. The van der Waals surface area contributed by atoms with E-state index in [1.165, 1.54) is 0 Å². The maximum absolute atomic E-state index is 11.1. The van der Waals surface area contributed by atoms with Crippen molar-refractivity contribution in [3.63, 3.8) is 0 Å². The Labute approximate surface area is 91.0 Å². The van der Waals surface area contributed by atoms with Gasteiger partial charge in [0.15, 0.2) is 0 Å². The van der Waals surface area contributed by atoms with Gasteiger partial charge in [0.05, 0.1) is 6.42 Å². The van der Waals surface area contributed by atoms with Crippen molar-refractivity contribution < 1.29 is 22.8 Å². The largest absolute Gasteiger partial charge is 0.500 e. The summed E-state index contributed by atoms with van der Waals surface area (Å²) in [5, 5.41) is 0.